The van der Waals surface area contributed by atoms with Gasteiger partial charge in [0.05, 0.1) is 0 Å². The normalized spacial score (nSPS) is 19.3. The Morgan fingerprint density at radius 3 is 2.42 bits per heavy atom. The fourth-order valence-electron chi connectivity index (χ4n) is 2.76. The van der Waals surface area contributed by atoms with Crippen molar-refractivity contribution in [3.05, 3.63) is 70.8 Å². The molecule has 1 saturated carbocycles. The second kappa shape index (κ2) is 8.01. The predicted molar refractivity (Wildman–Crippen MR) is 105 cm³/mol. The molecule has 0 saturated heterocycles. The number of ether oxygens (including phenoxy) is 1. The third kappa shape index (κ3) is 4.23. The minimum atomic E-state index is -0.652. The van der Waals surface area contributed by atoms with E-state index in [2.05, 4.69) is 17.1 Å². The van der Waals surface area contributed by atoms with Gasteiger partial charge >= 0.3 is 0 Å². The third-order valence-corrected chi connectivity index (χ3v) is 6.99. The van der Waals surface area contributed by atoms with E-state index in [0.29, 0.717) is 6.61 Å². The number of benzene rings is 2. The molecule has 0 aromatic heterocycles. The number of nitrogens with zero attached hydrogens (tertiary/aromatic N) is 1. The summed E-state index contributed by atoms with van der Waals surface area (Å²) in [5, 5.41) is 0. The van der Waals surface area contributed by atoms with Crippen LogP contribution in [0.4, 0.5) is 8.78 Å². The molecule has 1 unspecified atom stereocenters. The van der Waals surface area contributed by atoms with Crippen molar-refractivity contribution < 1.29 is 13.5 Å². The summed E-state index contributed by atoms with van der Waals surface area (Å²) >= 11 is 0. The molecular formula is C20H19F2NOS2. The van der Waals surface area contributed by atoms with Crippen molar-refractivity contribution in [2.75, 3.05) is 12.4 Å². The molecule has 0 N–H and O–H groups in total. The maximum atomic E-state index is 13.9. The van der Waals surface area contributed by atoms with Crippen LogP contribution in [0.15, 0.2) is 47.5 Å². The second-order valence-electron chi connectivity index (χ2n) is 6.59. The first-order valence-electron chi connectivity index (χ1n) is 8.69. The monoisotopic (exact) mass is 391 g/mol. The second-order valence-corrected chi connectivity index (χ2v) is 9.10. The van der Waals surface area contributed by atoms with Gasteiger partial charge in [0.1, 0.15) is 29.8 Å². The average molecular weight is 392 g/mol. The van der Waals surface area contributed by atoms with Crippen molar-refractivity contribution in [3.63, 3.8) is 0 Å². The van der Waals surface area contributed by atoms with E-state index in [-0.39, 0.29) is 17.5 Å². The van der Waals surface area contributed by atoms with Crippen LogP contribution in [-0.4, -0.2) is 18.3 Å². The van der Waals surface area contributed by atoms with Crippen LogP contribution in [0.5, 0.6) is 0 Å². The van der Waals surface area contributed by atoms with Crippen LogP contribution in [0, 0.1) is 17.6 Å². The Morgan fingerprint density at radius 2 is 1.73 bits per heavy atom. The molecule has 0 radical (unpaired) electrons. The summed E-state index contributed by atoms with van der Waals surface area (Å²) in [6, 6.07) is 11.8. The topological polar surface area (TPSA) is 21.6 Å². The number of rotatable bonds is 7. The van der Waals surface area contributed by atoms with E-state index in [0.717, 1.165) is 17.2 Å². The van der Waals surface area contributed by atoms with Crippen molar-refractivity contribution >= 4 is 27.5 Å². The highest BCUT2D eigenvalue weighted by Gasteiger charge is 2.26. The number of hydrogen-bond donors (Lipinski definition) is 0. The first-order chi connectivity index (χ1) is 12.7. The Labute approximate surface area is 159 Å². The first kappa shape index (κ1) is 17.9. The Kier molecular flexibility index (Phi) is 5.50. The molecule has 6 heteroatoms. The van der Waals surface area contributed by atoms with Crippen molar-refractivity contribution in [3.8, 4) is 0 Å². The van der Waals surface area contributed by atoms with E-state index in [1.165, 1.54) is 42.4 Å². The van der Waals surface area contributed by atoms with Gasteiger partial charge in [-0.15, -0.1) is 0 Å². The van der Waals surface area contributed by atoms with E-state index in [1.54, 1.807) is 0 Å². The molecular weight excluding hydrogens is 372 g/mol. The van der Waals surface area contributed by atoms with Crippen molar-refractivity contribution in [2.45, 2.75) is 24.6 Å². The molecule has 0 amide bonds. The van der Waals surface area contributed by atoms with E-state index in [4.69, 9.17) is 4.74 Å². The Balaban J connectivity index is 1.39. The molecule has 0 bridgehead atoms. The van der Waals surface area contributed by atoms with Gasteiger partial charge in [-0.25, -0.2) is 13.8 Å². The molecule has 1 heterocycles. The van der Waals surface area contributed by atoms with E-state index in [9.17, 15) is 8.78 Å². The minimum Gasteiger partial charge on any atom is -0.475 e. The van der Waals surface area contributed by atoms with Crippen molar-refractivity contribution in [1.29, 1.82) is 0 Å². The zero-order valence-corrected chi connectivity index (χ0v) is 15.8. The molecule has 4 rings (SSSR count). The lowest BCUT2D eigenvalue weighted by Gasteiger charge is -2.07. The first-order valence-corrected chi connectivity index (χ1v) is 11.2. The lowest BCUT2D eigenvalue weighted by molar-refractivity contribution is 0.317. The Hall–Kier alpha value is -1.53. The van der Waals surface area contributed by atoms with Gasteiger partial charge in [0.25, 0.3) is 0 Å². The van der Waals surface area contributed by atoms with Gasteiger partial charge in [-0.3, -0.25) is 0 Å². The summed E-state index contributed by atoms with van der Waals surface area (Å²) in [5.41, 5.74) is 2.08. The van der Waals surface area contributed by atoms with Gasteiger partial charge in [-0.1, -0.05) is 51.9 Å². The van der Waals surface area contributed by atoms with Crippen LogP contribution in [0.1, 0.15) is 35.6 Å². The molecule has 26 heavy (non-hydrogen) atoms. The minimum absolute atomic E-state index is 0.0432. The molecule has 2 aromatic rings. The Morgan fingerprint density at radius 1 is 1.00 bits per heavy atom. The molecule has 1 aliphatic heterocycles. The quantitative estimate of drug-likeness (QED) is 0.441. The molecule has 2 aromatic carbocycles. The lowest BCUT2D eigenvalue weighted by Crippen LogP contribution is -2.07. The van der Waals surface area contributed by atoms with Gasteiger partial charge in [-0.2, -0.15) is 0 Å². The van der Waals surface area contributed by atoms with Crippen LogP contribution >= 0.6 is 21.6 Å². The van der Waals surface area contributed by atoms with Crippen LogP contribution in [0.25, 0.3) is 0 Å². The molecule has 136 valence electrons. The van der Waals surface area contributed by atoms with E-state index < -0.39 is 11.6 Å². The SMILES string of the molecule is Fc1cccc(F)c1C1=NC(c2ccc(CSSCC3CC3)cc2)CO1. The molecule has 1 fully saturated rings. The van der Waals surface area contributed by atoms with Crippen LogP contribution in [-0.2, 0) is 10.5 Å². The summed E-state index contributed by atoms with van der Waals surface area (Å²) in [7, 11) is 3.85. The Bertz CT molecular complexity index is 786. The zero-order chi connectivity index (χ0) is 17.9. The average Bonchev–Trinajstić information content (AvgIpc) is 3.35. The smallest absolute Gasteiger partial charge is 0.222 e. The van der Waals surface area contributed by atoms with Crippen molar-refractivity contribution in [2.24, 2.45) is 10.9 Å². The van der Waals surface area contributed by atoms with Crippen LogP contribution in [0.2, 0.25) is 0 Å². The number of hydrogen-bond acceptors (Lipinski definition) is 4. The highest BCUT2D eigenvalue weighted by molar-refractivity contribution is 8.76. The van der Waals surface area contributed by atoms with Gasteiger partial charge in [0.15, 0.2) is 0 Å². The highest BCUT2D eigenvalue weighted by atomic mass is 33.1. The molecule has 1 aliphatic carbocycles. The van der Waals surface area contributed by atoms with Gasteiger partial charge < -0.3 is 4.74 Å². The maximum Gasteiger partial charge on any atom is 0.222 e. The largest absolute Gasteiger partial charge is 0.475 e. The maximum absolute atomic E-state index is 13.9. The summed E-state index contributed by atoms with van der Waals surface area (Å²) < 4.78 is 33.2. The number of halogens is 2. The van der Waals surface area contributed by atoms with Gasteiger partial charge in [-0.05, 0) is 42.0 Å². The van der Waals surface area contributed by atoms with Crippen LogP contribution < -0.4 is 0 Å². The third-order valence-electron chi connectivity index (χ3n) is 4.50. The number of aliphatic imine (C=N–C) groups is 1. The van der Waals surface area contributed by atoms with Gasteiger partial charge in [0, 0.05) is 11.5 Å². The van der Waals surface area contributed by atoms with E-state index >= 15 is 0 Å². The molecule has 2 aliphatic rings. The summed E-state index contributed by atoms with van der Waals surface area (Å²) in [6.45, 7) is 0.300. The lowest BCUT2D eigenvalue weighted by atomic mass is 10.1. The summed E-state index contributed by atoms with van der Waals surface area (Å²) in [4.78, 5) is 4.39. The molecule has 2 nitrogen and oxygen atoms in total. The molecule has 0 spiro atoms. The van der Waals surface area contributed by atoms with Crippen molar-refractivity contribution in [1.82, 2.24) is 0 Å². The predicted octanol–water partition coefficient (Wildman–Crippen LogP) is 5.77. The summed E-state index contributed by atoms with van der Waals surface area (Å²) in [6.07, 6.45) is 2.79. The standard InChI is InChI=1S/C20H19F2NOS2/c21-16-2-1-3-17(22)19(16)20-23-18(10-24-20)15-8-6-14(7-9-15)12-26-25-11-13-4-5-13/h1-3,6-9,13,18H,4-5,10-12H2. The van der Waals surface area contributed by atoms with Gasteiger partial charge in [0.2, 0.25) is 5.90 Å². The summed E-state index contributed by atoms with van der Waals surface area (Å²) in [5.74, 6) is 1.92. The highest BCUT2D eigenvalue weighted by Crippen LogP contribution is 2.37. The fourth-order valence-corrected chi connectivity index (χ4v) is 5.32. The zero-order valence-electron chi connectivity index (χ0n) is 14.2. The van der Waals surface area contributed by atoms with E-state index in [1.807, 2.05) is 33.7 Å². The molecule has 1 atom stereocenters. The van der Waals surface area contributed by atoms with Crippen LogP contribution in [0.3, 0.4) is 0 Å². The fraction of sp³-hybridized carbons (Fsp3) is 0.350.